The summed E-state index contributed by atoms with van der Waals surface area (Å²) in [7, 11) is 0. The predicted molar refractivity (Wildman–Crippen MR) is 129 cm³/mol. The van der Waals surface area contributed by atoms with Crippen LogP contribution in [0, 0.1) is 5.82 Å². The van der Waals surface area contributed by atoms with Gasteiger partial charge in [0.05, 0.1) is 11.2 Å². The molecule has 0 amide bonds. The maximum Gasteiger partial charge on any atom is 0.222 e. The number of fused-ring (bicyclic) bond motifs is 1. The van der Waals surface area contributed by atoms with Crippen molar-refractivity contribution >= 4 is 40.1 Å². The summed E-state index contributed by atoms with van der Waals surface area (Å²) in [6.07, 6.45) is 4.97. The van der Waals surface area contributed by atoms with E-state index >= 15 is 0 Å². The van der Waals surface area contributed by atoms with E-state index in [1.807, 2.05) is 12.1 Å². The monoisotopic (exact) mass is 451 g/mol. The summed E-state index contributed by atoms with van der Waals surface area (Å²) in [5.41, 5.74) is 8.97. The highest BCUT2D eigenvalue weighted by atomic mass is 32.1. The third-order valence-electron chi connectivity index (χ3n) is 6.23. The van der Waals surface area contributed by atoms with Gasteiger partial charge >= 0.3 is 0 Å². The lowest BCUT2D eigenvalue weighted by Gasteiger charge is -2.37. The minimum absolute atomic E-state index is 0.227. The molecule has 5 rings (SSSR count). The molecular formula is C23H26FN7S. The quantitative estimate of drug-likeness (QED) is 0.587. The van der Waals surface area contributed by atoms with Gasteiger partial charge in [-0.1, -0.05) is 12.8 Å². The number of piperazine rings is 1. The SMILES string of the molecule is Nc1nc(N2CCN(C(=S)NC3CCCC3)CC2)c2nc(-c3ccc(F)cc3)ccc2n1. The van der Waals surface area contributed by atoms with Gasteiger partial charge in [-0.15, -0.1) is 0 Å². The topological polar surface area (TPSA) is 83.2 Å². The van der Waals surface area contributed by atoms with Gasteiger partial charge in [-0.2, -0.15) is 4.98 Å². The first-order chi connectivity index (χ1) is 15.6. The average Bonchev–Trinajstić information content (AvgIpc) is 3.32. The summed E-state index contributed by atoms with van der Waals surface area (Å²) in [5.74, 6) is 0.681. The Hall–Kier alpha value is -3.07. The number of aromatic nitrogens is 3. The molecule has 2 aromatic heterocycles. The van der Waals surface area contributed by atoms with Gasteiger partial charge in [0.2, 0.25) is 5.95 Å². The van der Waals surface area contributed by atoms with Crippen molar-refractivity contribution in [2.75, 3.05) is 36.8 Å². The molecule has 9 heteroatoms. The van der Waals surface area contributed by atoms with E-state index in [-0.39, 0.29) is 11.8 Å². The van der Waals surface area contributed by atoms with Crippen molar-refractivity contribution < 1.29 is 4.39 Å². The van der Waals surface area contributed by atoms with Crippen LogP contribution in [0.25, 0.3) is 22.3 Å². The summed E-state index contributed by atoms with van der Waals surface area (Å²) >= 11 is 5.66. The van der Waals surface area contributed by atoms with Crippen molar-refractivity contribution in [2.45, 2.75) is 31.7 Å². The van der Waals surface area contributed by atoms with E-state index in [0.717, 1.165) is 48.4 Å². The molecule has 0 atom stereocenters. The zero-order chi connectivity index (χ0) is 22.1. The number of pyridine rings is 1. The van der Waals surface area contributed by atoms with Crippen LogP contribution in [0.5, 0.6) is 0 Å². The first-order valence-corrected chi connectivity index (χ1v) is 11.5. The van der Waals surface area contributed by atoms with Crippen LogP contribution in [0.4, 0.5) is 16.2 Å². The van der Waals surface area contributed by atoms with Crippen LogP contribution >= 0.6 is 12.2 Å². The minimum Gasteiger partial charge on any atom is -0.368 e. The first kappa shape index (κ1) is 20.8. The van der Waals surface area contributed by atoms with Gasteiger partial charge < -0.3 is 20.9 Å². The van der Waals surface area contributed by atoms with Crippen LogP contribution in [0.3, 0.4) is 0 Å². The highest BCUT2D eigenvalue weighted by Crippen LogP contribution is 2.28. The van der Waals surface area contributed by atoms with Gasteiger partial charge in [0.15, 0.2) is 10.9 Å². The van der Waals surface area contributed by atoms with Gasteiger partial charge in [-0.3, -0.25) is 0 Å². The second-order valence-corrected chi connectivity index (χ2v) is 8.77. The Kier molecular flexibility index (Phi) is 5.73. The Morgan fingerprint density at radius 3 is 2.41 bits per heavy atom. The Balaban J connectivity index is 1.37. The Morgan fingerprint density at radius 1 is 0.969 bits per heavy atom. The Labute approximate surface area is 191 Å². The zero-order valence-corrected chi connectivity index (χ0v) is 18.6. The number of benzene rings is 1. The smallest absolute Gasteiger partial charge is 0.222 e. The summed E-state index contributed by atoms with van der Waals surface area (Å²) in [6, 6.07) is 10.6. The summed E-state index contributed by atoms with van der Waals surface area (Å²) in [4.78, 5) is 18.1. The lowest BCUT2D eigenvalue weighted by Crippen LogP contribution is -2.53. The molecule has 3 heterocycles. The van der Waals surface area contributed by atoms with Gasteiger partial charge in [0.1, 0.15) is 11.3 Å². The van der Waals surface area contributed by atoms with Crippen molar-refractivity contribution in [3.63, 3.8) is 0 Å². The van der Waals surface area contributed by atoms with Crippen LogP contribution in [0.1, 0.15) is 25.7 Å². The van der Waals surface area contributed by atoms with Crippen molar-refractivity contribution in [1.82, 2.24) is 25.2 Å². The molecule has 0 spiro atoms. The number of anilines is 2. The molecule has 0 bridgehead atoms. The normalized spacial score (nSPS) is 17.2. The van der Waals surface area contributed by atoms with Gasteiger partial charge in [0.25, 0.3) is 0 Å². The van der Waals surface area contributed by atoms with Gasteiger partial charge in [-0.05, 0) is 61.5 Å². The van der Waals surface area contributed by atoms with E-state index in [1.54, 1.807) is 12.1 Å². The average molecular weight is 452 g/mol. The fourth-order valence-electron chi connectivity index (χ4n) is 4.48. The van der Waals surface area contributed by atoms with Crippen LogP contribution in [0.15, 0.2) is 36.4 Å². The van der Waals surface area contributed by atoms with E-state index in [2.05, 4.69) is 25.1 Å². The van der Waals surface area contributed by atoms with Crippen molar-refractivity contribution in [3.8, 4) is 11.3 Å². The van der Waals surface area contributed by atoms with Crippen LogP contribution in [0.2, 0.25) is 0 Å². The molecule has 1 saturated heterocycles. The maximum atomic E-state index is 13.3. The number of nitrogens with zero attached hydrogens (tertiary/aromatic N) is 5. The molecule has 1 aliphatic heterocycles. The lowest BCUT2D eigenvalue weighted by atomic mass is 10.1. The third kappa shape index (κ3) is 4.29. The molecule has 1 aliphatic carbocycles. The standard InChI is InChI=1S/C23H26FN7S/c24-16-7-5-15(6-8-16)18-9-10-19-20(27-18)21(29-22(25)28-19)30-11-13-31(14-12-30)23(32)26-17-3-1-2-4-17/h5-10,17H,1-4,11-14H2,(H,26,32)(H2,25,28,29). The Morgan fingerprint density at radius 2 is 1.69 bits per heavy atom. The van der Waals surface area contributed by atoms with Gasteiger partial charge in [0, 0.05) is 37.8 Å². The Bertz CT molecular complexity index is 1120. The van der Waals surface area contributed by atoms with Crippen molar-refractivity contribution in [1.29, 1.82) is 0 Å². The lowest BCUT2D eigenvalue weighted by molar-refractivity contribution is 0.373. The molecule has 3 N–H and O–H groups in total. The fourth-order valence-corrected chi connectivity index (χ4v) is 4.82. The second-order valence-electron chi connectivity index (χ2n) is 8.38. The first-order valence-electron chi connectivity index (χ1n) is 11.1. The van der Waals surface area contributed by atoms with E-state index in [4.69, 9.17) is 22.9 Å². The van der Waals surface area contributed by atoms with E-state index in [9.17, 15) is 4.39 Å². The number of halogens is 1. The minimum atomic E-state index is -0.274. The molecule has 1 saturated carbocycles. The number of thiocarbonyl (C=S) groups is 1. The molecule has 32 heavy (non-hydrogen) atoms. The number of hydrogen-bond acceptors (Lipinski definition) is 6. The summed E-state index contributed by atoms with van der Waals surface area (Å²) in [5, 5.41) is 4.37. The molecule has 0 unspecified atom stereocenters. The number of rotatable bonds is 3. The summed E-state index contributed by atoms with van der Waals surface area (Å²) in [6.45, 7) is 3.14. The largest absolute Gasteiger partial charge is 0.368 e. The molecule has 2 aliphatic rings. The fraction of sp³-hybridized carbons (Fsp3) is 0.391. The molecule has 1 aromatic carbocycles. The molecule has 3 aromatic rings. The van der Waals surface area contributed by atoms with E-state index in [1.165, 1.54) is 37.8 Å². The number of nitrogens with one attached hydrogen (secondary N) is 1. The summed E-state index contributed by atoms with van der Waals surface area (Å²) < 4.78 is 13.3. The van der Waals surface area contributed by atoms with E-state index < -0.39 is 0 Å². The third-order valence-corrected chi connectivity index (χ3v) is 6.61. The van der Waals surface area contributed by atoms with Crippen LogP contribution in [-0.4, -0.2) is 57.2 Å². The van der Waals surface area contributed by atoms with E-state index in [0.29, 0.717) is 17.1 Å². The molecule has 166 valence electrons. The predicted octanol–water partition coefficient (Wildman–Crippen LogP) is 3.35. The highest BCUT2D eigenvalue weighted by Gasteiger charge is 2.24. The van der Waals surface area contributed by atoms with Crippen LogP contribution < -0.4 is 16.0 Å². The number of hydrogen-bond donors (Lipinski definition) is 2. The molecular weight excluding hydrogens is 425 g/mol. The maximum absolute atomic E-state index is 13.3. The van der Waals surface area contributed by atoms with Crippen LogP contribution in [-0.2, 0) is 0 Å². The molecule has 0 radical (unpaired) electrons. The zero-order valence-electron chi connectivity index (χ0n) is 17.8. The number of nitrogens with two attached hydrogens (primary N) is 1. The molecule has 2 fully saturated rings. The highest BCUT2D eigenvalue weighted by molar-refractivity contribution is 7.80. The van der Waals surface area contributed by atoms with Crippen molar-refractivity contribution in [3.05, 3.63) is 42.2 Å². The molecule has 7 nitrogen and oxygen atoms in total. The van der Waals surface area contributed by atoms with Crippen molar-refractivity contribution in [2.24, 2.45) is 0 Å². The second kappa shape index (κ2) is 8.82. The van der Waals surface area contributed by atoms with Gasteiger partial charge in [-0.25, -0.2) is 14.4 Å². The number of nitrogen functional groups attached to an aromatic ring is 1.